The first kappa shape index (κ1) is 38.3. The van der Waals surface area contributed by atoms with Crippen LogP contribution in [0.1, 0.15) is 129 Å². The van der Waals surface area contributed by atoms with E-state index in [1.54, 1.807) is 0 Å². The topological polar surface area (TPSA) is 98.1 Å². The average molecular weight is 607 g/mol. The SMILES string of the molecule is CCCCCCCCCCCCCCCCCCNC(=O)OCCOCCOC(=O)N(Cc1cccc[n+]1CC)C(C)=O. The Morgan fingerprint density at radius 2 is 1.26 bits per heavy atom. The third-order valence-electron chi connectivity index (χ3n) is 7.51. The summed E-state index contributed by atoms with van der Waals surface area (Å²) < 4.78 is 17.7. The average Bonchev–Trinajstić information content (AvgIpc) is 3.00. The summed E-state index contributed by atoms with van der Waals surface area (Å²) in [4.78, 5) is 37.3. The summed E-state index contributed by atoms with van der Waals surface area (Å²) in [6.45, 7) is 7.51. The maximum absolute atomic E-state index is 12.4. The lowest BCUT2D eigenvalue weighted by atomic mass is 10.0. The van der Waals surface area contributed by atoms with Gasteiger partial charge in [-0.05, 0) is 13.3 Å². The van der Waals surface area contributed by atoms with Gasteiger partial charge < -0.3 is 19.5 Å². The van der Waals surface area contributed by atoms with Crippen molar-refractivity contribution in [2.45, 2.75) is 137 Å². The predicted octanol–water partition coefficient (Wildman–Crippen LogP) is 7.48. The fraction of sp³-hybridized carbons (Fsp3) is 0.765. The number of amides is 3. The van der Waals surface area contributed by atoms with E-state index in [1.165, 1.54) is 96.8 Å². The lowest BCUT2D eigenvalue weighted by molar-refractivity contribution is -0.701. The van der Waals surface area contributed by atoms with Crippen LogP contribution in [-0.4, -0.2) is 56.0 Å². The van der Waals surface area contributed by atoms with Gasteiger partial charge in [0.05, 0.1) is 13.2 Å². The monoisotopic (exact) mass is 606 g/mol. The van der Waals surface area contributed by atoms with Crippen LogP contribution < -0.4 is 9.88 Å². The number of nitrogens with zero attached hydrogens (tertiary/aromatic N) is 2. The molecule has 0 bridgehead atoms. The van der Waals surface area contributed by atoms with Crippen LogP contribution in [0.4, 0.5) is 9.59 Å². The molecule has 9 nitrogen and oxygen atoms in total. The molecule has 0 fully saturated rings. The maximum atomic E-state index is 12.4. The number of hydrogen-bond donors (Lipinski definition) is 1. The van der Waals surface area contributed by atoms with Gasteiger partial charge in [0.15, 0.2) is 6.20 Å². The van der Waals surface area contributed by atoms with E-state index in [0.717, 1.165) is 30.0 Å². The van der Waals surface area contributed by atoms with Gasteiger partial charge >= 0.3 is 12.2 Å². The van der Waals surface area contributed by atoms with Gasteiger partial charge in [-0.3, -0.25) is 4.79 Å². The summed E-state index contributed by atoms with van der Waals surface area (Å²) in [5.74, 6) is -0.392. The van der Waals surface area contributed by atoms with Gasteiger partial charge in [-0.1, -0.05) is 109 Å². The van der Waals surface area contributed by atoms with Crippen molar-refractivity contribution in [2.75, 3.05) is 33.0 Å². The second-order valence-corrected chi connectivity index (χ2v) is 11.2. The van der Waals surface area contributed by atoms with Gasteiger partial charge in [0.25, 0.3) is 0 Å². The molecular weight excluding hydrogens is 546 g/mol. The van der Waals surface area contributed by atoms with Gasteiger partial charge in [-0.25, -0.2) is 19.1 Å². The Labute approximate surface area is 261 Å². The van der Waals surface area contributed by atoms with Gasteiger partial charge in [0.2, 0.25) is 11.6 Å². The van der Waals surface area contributed by atoms with Crippen molar-refractivity contribution in [3.8, 4) is 0 Å². The molecular formula is C34H60N3O6+. The fourth-order valence-electron chi connectivity index (χ4n) is 4.91. The lowest BCUT2D eigenvalue weighted by Crippen LogP contribution is -2.43. The molecule has 0 atom stereocenters. The standard InChI is InChI=1S/C34H59N3O6/c1-4-6-7-8-9-10-11-12-13-14-15-16-17-18-19-21-24-35-33(39)42-28-26-41-27-29-43-34(40)37(31(3)38)30-32-23-20-22-25-36(32)5-2/h20,22-23,25H,4-19,21,24,26-30H2,1-3H3/p+1. The van der Waals surface area contributed by atoms with E-state index in [0.29, 0.717) is 6.54 Å². The normalized spacial score (nSPS) is 10.9. The summed E-state index contributed by atoms with van der Waals surface area (Å²) in [7, 11) is 0. The number of imide groups is 1. The smallest absolute Gasteiger partial charge is 0.417 e. The van der Waals surface area contributed by atoms with E-state index >= 15 is 0 Å². The van der Waals surface area contributed by atoms with Crippen LogP contribution in [-0.2, 0) is 32.1 Å². The molecule has 0 unspecified atom stereocenters. The molecule has 0 saturated carbocycles. The molecule has 0 aliphatic carbocycles. The Morgan fingerprint density at radius 3 is 1.79 bits per heavy atom. The van der Waals surface area contributed by atoms with Gasteiger partial charge in [0, 0.05) is 25.6 Å². The molecule has 0 aliphatic heterocycles. The number of unbranched alkanes of at least 4 members (excludes halogenated alkanes) is 15. The van der Waals surface area contributed by atoms with Crippen LogP contribution in [0.5, 0.6) is 0 Å². The van der Waals surface area contributed by atoms with Crippen molar-refractivity contribution in [1.82, 2.24) is 10.2 Å². The predicted molar refractivity (Wildman–Crippen MR) is 170 cm³/mol. The second kappa shape index (κ2) is 26.9. The Kier molecular flexibility index (Phi) is 24.0. The quantitative estimate of drug-likeness (QED) is 0.0867. The minimum absolute atomic E-state index is 0.00334. The number of pyridine rings is 1. The number of aromatic nitrogens is 1. The molecule has 1 aromatic heterocycles. The first-order valence-corrected chi connectivity index (χ1v) is 16.9. The molecule has 1 aromatic rings. The molecule has 0 aromatic carbocycles. The van der Waals surface area contributed by atoms with E-state index in [-0.39, 0.29) is 33.0 Å². The maximum Gasteiger partial charge on any atom is 0.417 e. The molecule has 246 valence electrons. The first-order chi connectivity index (χ1) is 21.0. The Morgan fingerprint density at radius 1 is 0.721 bits per heavy atom. The van der Waals surface area contributed by atoms with Crippen molar-refractivity contribution < 1.29 is 33.2 Å². The van der Waals surface area contributed by atoms with E-state index in [1.807, 2.05) is 35.9 Å². The fourth-order valence-corrected chi connectivity index (χ4v) is 4.91. The van der Waals surface area contributed by atoms with Crippen LogP contribution in [0.2, 0.25) is 0 Å². The largest absolute Gasteiger partial charge is 0.447 e. The van der Waals surface area contributed by atoms with Gasteiger partial charge in [0.1, 0.15) is 26.3 Å². The number of ether oxygens (including phenoxy) is 3. The number of carbonyl (C=O) groups excluding carboxylic acids is 3. The van der Waals surface area contributed by atoms with E-state index in [2.05, 4.69) is 12.2 Å². The van der Waals surface area contributed by atoms with Crippen LogP contribution in [0.25, 0.3) is 0 Å². The number of alkyl carbamates (subject to hydrolysis) is 1. The van der Waals surface area contributed by atoms with E-state index in [9.17, 15) is 14.4 Å². The number of nitrogens with one attached hydrogen (secondary N) is 1. The molecule has 3 amide bonds. The van der Waals surface area contributed by atoms with E-state index < -0.39 is 18.1 Å². The summed E-state index contributed by atoms with van der Waals surface area (Å²) >= 11 is 0. The zero-order chi connectivity index (χ0) is 31.4. The Bertz CT molecular complexity index is 866. The Hall–Kier alpha value is -2.68. The number of carbonyl (C=O) groups is 3. The third kappa shape index (κ3) is 20.8. The molecule has 1 heterocycles. The highest BCUT2D eigenvalue weighted by molar-refractivity contribution is 5.90. The summed E-state index contributed by atoms with van der Waals surface area (Å²) in [6.07, 6.45) is 21.9. The van der Waals surface area contributed by atoms with Crippen molar-refractivity contribution in [3.05, 3.63) is 30.1 Å². The minimum atomic E-state index is -0.715. The molecule has 0 spiro atoms. The van der Waals surface area contributed by atoms with Crippen molar-refractivity contribution >= 4 is 18.1 Å². The summed E-state index contributed by atoms with van der Waals surface area (Å²) in [5, 5.41) is 2.78. The highest BCUT2D eigenvalue weighted by Gasteiger charge is 2.23. The highest BCUT2D eigenvalue weighted by atomic mass is 16.6. The lowest BCUT2D eigenvalue weighted by Gasteiger charge is -2.17. The van der Waals surface area contributed by atoms with Crippen LogP contribution in [0.3, 0.4) is 0 Å². The number of hydrogen-bond acceptors (Lipinski definition) is 6. The van der Waals surface area contributed by atoms with Crippen molar-refractivity contribution in [2.24, 2.45) is 0 Å². The molecule has 0 saturated heterocycles. The molecule has 1 rings (SSSR count). The van der Waals surface area contributed by atoms with Crippen molar-refractivity contribution in [3.63, 3.8) is 0 Å². The van der Waals surface area contributed by atoms with Gasteiger partial charge in [-0.15, -0.1) is 0 Å². The van der Waals surface area contributed by atoms with Crippen LogP contribution in [0.15, 0.2) is 24.4 Å². The third-order valence-corrected chi connectivity index (χ3v) is 7.51. The Balaban J connectivity index is 1.92. The first-order valence-electron chi connectivity index (χ1n) is 16.9. The van der Waals surface area contributed by atoms with Crippen molar-refractivity contribution in [1.29, 1.82) is 0 Å². The zero-order valence-corrected chi connectivity index (χ0v) is 27.4. The zero-order valence-electron chi connectivity index (χ0n) is 27.4. The van der Waals surface area contributed by atoms with Crippen LogP contribution >= 0.6 is 0 Å². The molecule has 0 radical (unpaired) electrons. The van der Waals surface area contributed by atoms with Gasteiger partial charge in [-0.2, -0.15) is 0 Å². The summed E-state index contributed by atoms with van der Waals surface area (Å²) in [6, 6.07) is 5.63. The molecule has 43 heavy (non-hydrogen) atoms. The second-order valence-electron chi connectivity index (χ2n) is 11.2. The molecule has 9 heteroatoms. The van der Waals surface area contributed by atoms with Crippen LogP contribution in [0, 0.1) is 0 Å². The summed E-state index contributed by atoms with van der Waals surface area (Å²) in [5.41, 5.74) is 0.832. The number of rotatable bonds is 26. The minimum Gasteiger partial charge on any atom is -0.447 e. The molecule has 1 N–H and O–H groups in total. The number of aryl methyl sites for hydroxylation is 1. The molecule has 0 aliphatic rings. The highest BCUT2D eigenvalue weighted by Crippen LogP contribution is 2.13. The van der Waals surface area contributed by atoms with E-state index in [4.69, 9.17) is 14.2 Å².